The van der Waals surface area contributed by atoms with Crippen LogP contribution in [0.1, 0.15) is 17.0 Å². The van der Waals surface area contributed by atoms with Crippen molar-refractivity contribution in [1.82, 2.24) is 20.1 Å². The number of carbonyl (C=O) groups is 2. The Kier molecular flexibility index (Phi) is 6.12. The van der Waals surface area contributed by atoms with Crippen molar-refractivity contribution >= 4 is 17.5 Å². The third kappa shape index (κ3) is 4.72. The lowest BCUT2D eigenvalue weighted by atomic mass is 10.1. The number of anilines is 1. The van der Waals surface area contributed by atoms with Gasteiger partial charge in [0.2, 0.25) is 5.91 Å². The highest BCUT2D eigenvalue weighted by molar-refractivity contribution is 5.98. The number of pyridine rings is 1. The summed E-state index contributed by atoms with van der Waals surface area (Å²) in [5.41, 5.74) is 1.90. The van der Waals surface area contributed by atoms with Gasteiger partial charge in [-0.2, -0.15) is 18.6 Å². The summed E-state index contributed by atoms with van der Waals surface area (Å²) < 4.78 is 31.0. The van der Waals surface area contributed by atoms with Crippen LogP contribution in [0.4, 0.5) is 14.5 Å². The van der Waals surface area contributed by atoms with E-state index >= 15 is 0 Å². The first-order valence-corrected chi connectivity index (χ1v) is 8.47. The number of ether oxygens (including phenoxy) is 1. The molecule has 0 unspecified atom stereocenters. The number of amides is 2. The molecule has 3 rings (SSSR count). The van der Waals surface area contributed by atoms with Gasteiger partial charge >= 0.3 is 6.55 Å². The first-order chi connectivity index (χ1) is 14.0. The summed E-state index contributed by atoms with van der Waals surface area (Å²) in [4.78, 5) is 28.0. The molecular weight excluding hydrogens is 384 g/mol. The smallest absolute Gasteiger partial charge is 0.333 e. The minimum absolute atomic E-state index is 0.277. The Labute approximate surface area is 164 Å². The monoisotopic (exact) mass is 401 g/mol. The fraction of sp³-hybridized carbons (Fsp3) is 0.158. The van der Waals surface area contributed by atoms with Crippen molar-refractivity contribution in [1.29, 1.82) is 0 Å². The topological polar surface area (TPSA) is 98.1 Å². The standard InChI is InChI=1S/C19H17F2N5O3/c1-29-16-10-22-8-6-14(16)12-2-4-13(5-3-12)25-17(27)11-23-18(28)15-7-9-24-26(15)19(20)21/h2-10,19H,11H2,1H3,(H,23,28)(H,25,27). The van der Waals surface area contributed by atoms with E-state index in [1.165, 1.54) is 0 Å². The third-order valence-corrected chi connectivity index (χ3v) is 3.98. The molecule has 0 bridgehead atoms. The number of aromatic nitrogens is 3. The van der Waals surface area contributed by atoms with Gasteiger partial charge in [0.05, 0.1) is 19.9 Å². The molecule has 10 heteroatoms. The number of nitrogens with zero attached hydrogens (tertiary/aromatic N) is 3. The van der Waals surface area contributed by atoms with Crippen LogP contribution in [-0.2, 0) is 4.79 Å². The number of halogens is 2. The van der Waals surface area contributed by atoms with Gasteiger partial charge in [-0.15, -0.1) is 0 Å². The second-order valence-electron chi connectivity index (χ2n) is 5.82. The Balaban J connectivity index is 1.58. The maximum atomic E-state index is 12.7. The molecule has 0 aliphatic heterocycles. The maximum Gasteiger partial charge on any atom is 0.333 e. The summed E-state index contributed by atoms with van der Waals surface area (Å²) in [7, 11) is 1.55. The highest BCUT2D eigenvalue weighted by atomic mass is 19.3. The van der Waals surface area contributed by atoms with Crippen LogP contribution >= 0.6 is 0 Å². The number of benzene rings is 1. The molecule has 0 saturated heterocycles. The summed E-state index contributed by atoms with van der Waals surface area (Å²) in [5.74, 6) is -0.705. The number of methoxy groups -OCH3 is 1. The number of carbonyl (C=O) groups excluding carboxylic acids is 2. The van der Waals surface area contributed by atoms with Crippen molar-refractivity contribution in [2.45, 2.75) is 6.55 Å². The number of hydrogen-bond acceptors (Lipinski definition) is 5. The molecule has 3 aromatic rings. The highest BCUT2D eigenvalue weighted by Crippen LogP contribution is 2.29. The average molecular weight is 401 g/mol. The Morgan fingerprint density at radius 1 is 1.14 bits per heavy atom. The summed E-state index contributed by atoms with van der Waals surface area (Å²) in [5, 5.41) is 8.27. The first-order valence-electron chi connectivity index (χ1n) is 8.47. The van der Waals surface area contributed by atoms with Gasteiger partial charge in [0.15, 0.2) is 0 Å². The van der Waals surface area contributed by atoms with Crippen molar-refractivity contribution in [2.75, 3.05) is 19.0 Å². The molecule has 0 fully saturated rings. The van der Waals surface area contributed by atoms with Gasteiger partial charge < -0.3 is 15.4 Å². The van der Waals surface area contributed by atoms with E-state index in [0.29, 0.717) is 11.4 Å². The first kappa shape index (κ1) is 19.9. The molecule has 0 aliphatic carbocycles. The van der Waals surface area contributed by atoms with E-state index in [9.17, 15) is 18.4 Å². The van der Waals surface area contributed by atoms with Crippen molar-refractivity contribution in [2.24, 2.45) is 0 Å². The lowest BCUT2D eigenvalue weighted by Gasteiger charge is -2.10. The summed E-state index contributed by atoms with van der Waals surface area (Å²) in [6.45, 7) is -3.33. The number of hydrogen-bond donors (Lipinski definition) is 2. The number of nitrogens with one attached hydrogen (secondary N) is 2. The van der Waals surface area contributed by atoms with Gasteiger partial charge in [-0.3, -0.25) is 14.6 Å². The molecule has 0 saturated carbocycles. The van der Waals surface area contributed by atoms with Crippen LogP contribution in [0.5, 0.6) is 5.75 Å². The van der Waals surface area contributed by atoms with Gasteiger partial charge in [-0.05, 0) is 29.8 Å². The van der Waals surface area contributed by atoms with Crippen molar-refractivity contribution in [3.63, 3.8) is 0 Å². The van der Waals surface area contributed by atoms with Gasteiger partial charge in [0.1, 0.15) is 11.4 Å². The molecule has 2 N–H and O–H groups in total. The van der Waals surface area contributed by atoms with Crippen LogP contribution in [0.3, 0.4) is 0 Å². The summed E-state index contributed by atoms with van der Waals surface area (Å²) in [6, 6.07) is 9.94. The highest BCUT2D eigenvalue weighted by Gasteiger charge is 2.18. The van der Waals surface area contributed by atoms with Crippen LogP contribution in [0, 0.1) is 0 Å². The molecule has 2 heterocycles. The van der Waals surface area contributed by atoms with Gasteiger partial charge in [0, 0.05) is 23.6 Å². The zero-order valence-corrected chi connectivity index (χ0v) is 15.3. The quantitative estimate of drug-likeness (QED) is 0.634. The third-order valence-electron chi connectivity index (χ3n) is 3.98. The molecular formula is C19H17F2N5O3. The Hall–Kier alpha value is -3.82. The van der Waals surface area contributed by atoms with Crippen molar-refractivity contribution in [3.05, 3.63) is 60.7 Å². The van der Waals surface area contributed by atoms with Crippen molar-refractivity contribution in [3.8, 4) is 16.9 Å². The molecule has 2 amide bonds. The van der Waals surface area contributed by atoms with E-state index in [4.69, 9.17) is 4.74 Å². The van der Waals surface area contributed by atoms with Crippen LogP contribution < -0.4 is 15.4 Å². The van der Waals surface area contributed by atoms with Gasteiger partial charge in [0.25, 0.3) is 5.91 Å². The van der Waals surface area contributed by atoms with Crippen LogP contribution in [-0.4, -0.2) is 40.2 Å². The second-order valence-corrected chi connectivity index (χ2v) is 5.82. The van der Waals surface area contributed by atoms with E-state index < -0.39 is 18.4 Å². The summed E-state index contributed by atoms with van der Waals surface area (Å²) >= 11 is 0. The normalized spacial score (nSPS) is 10.6. The predicted molar refractivity (Wildman–Crippen MR) is 101 cm³/mol. The Morgan fingerprint density at radius 3 is 2.59 bits per heavy atom. The van der Waals surface area contributed by atoms with Gasteiger partial charge in [-0.1, -0.05) is 12.1 Å². The molecule has 150 valence electrons. The van der Waals surface area contributed by atoms with Gasteiger partial charge in [-0.25, -0.2) is 0 Å². The van der Waals surface area contributed by atoms with Crippen molar-refractivity contribution < 1.29 is 23.1 Å². The molecule has 0 spiro atoms. The van der Waals surface area contributed by atoms with E-state index in [0.717, 1.165) is 23.4 Å². The fourth-order valence-electron chi connectivity index (χ4n) is 2.62. The van der Waals surface area contributed by atoms with Crippen LogP contribution in [0.15, 0.2) is 55.0 Å². The van der Waals surface area contributed by atoms with E-state index in [1.54, 1.807) is 43.8 Å². The van der Waals surface area contributed by atoms with E-state index in [-0.39, 0.29) is 16.9 Å². The number of alkyl halides is 2. The molecule has 0 aliphatic rings. The zero-order valence-electron chi connectivity index (χ0n) is 15.3. The lowest BCUT2D eigenvalue weighted by molar-refractivity contribution is -0.115. The largest absolute Gasteiger partial charge is 0.494 e. The Bertz CT molecular complexity index is 1010. The molecule has 29 heavy (non-hydrogen) atoms. The van der Waals surface area contributed by atoms with Crippen LogP contribution in [0.2, 0.25) is 0 Å². The predicted octanol–water partition coefficient (Wildman–Crippen LogP) is 2.72. The second kappa shape index (κ2) is 8.91. The SMILES string of the molecule is COc1cnccc1-c1ccc(NC(=O)CNC(=O)c2ccnn2C(F)F)cc1. The minimum atomic E-state index is -2.95. The average Bonchev–Trinajstić information content (AvgIpc) is 3.23. The molecule has 2 aromatic heterocycles. The van der Waals surface area contributed by atoms with Crippen LogP contribution in [0.25, 0.3) is 11.1 Å². The molecule has 0 atom stereocenters. The van der Waals surface area contributed by atoms with E-state index in [2.05, 4.69) is 20.7 Å². The molecule has 8 nitrogen and oxygen atoms in total. The van der Waals surface area contributed by atoms with E-state index in [1.807, 2.05) is 6.07 Å². The molecule has 0 radical (unpaired) electrons. The lowest BCUT2D eigenvalue weighted by Crippen LogP contribution is -2.34. The molecule has 1 aromatic carbocycles. The number of rotatable bonds is 7. The minimum Gasteiger partial charge on any atom is -0.494 e. The zero-order chi connectivity index (χ0) is 20.8. The Morgan fingerprint density at radius 2 is 1.90 bits per heavy atom. The fourth-order valence-corrected chi connectivity index (χ4v) is 2.62. The summed E-state index contributed by atoms with van der Waals surface area (Å²) in [6.07, 6.45) is 4.34. The maximum absolute atomic E-state index is 12.7.